The maximum absolute atomic E-state index is 12.0. The molecule has 118 valence electrons. The third-order valence-electron chi connectivity index (χ3n) is 3.85. The van der Waals surface area contributed by atoms with Gasteiger partial charge in [-0.25, -0.2) is 0 Å². The molecule has 0 spiro atoms. The molecule has 1 aromatic rings. The zero-order chi connectivity index (χ0) is 14.4. The topological polar surface area (TPSA) is 50.4 Å². The minimum Gasteiger partial charge on any atom is -0.496 e. The number of benzene rings is 1. The molecule has 1 aliphatic heterocycles. The Kier molecular flexibility index (Phi) is 7.54. The van der Waals surface area contributed by atoms with E-state index in [-0.39, 0.29) is 24.2 Å². The van der Waals surface area contributed by atoms with Crippen LogP contribution in [-0.2, 0) is 11.2 Å². The van der Waals surface area contributed by atoms with Crippen molar-refractivity contribution in [3.8, 4) is 5.75 Å². The number of halogens is 1. The minimum absolute atomic E-state index is 0. The number of methoxy groups -OCH3 is 1. The summed E-state index contributed by atoms with van der Waals surface area (Å²) in [4.78, 5) is 12.0. The first-order valence-corrected chi connectivity index (χ1v) is 7.32. The van der Waals surface area contributed by atoms with Crippen LogP contribution in [0.3, 0.4) is 0 Å². The van der Waals surface area contributed by atoms with Crippen LogP contribution in [0.15, 0.2) is 18.2 Å². The monoisotopic (exact) mass is 312 g/mol. The van der Waals surface area contributed by atoms with Crippen molar-refractivity contribution in [1.82, 2.24) is 10.6 Å². The lowest BCUT2D eigenvalue weighted by Gasteiger charge is -2.21. The molecule has 21 heavy (non-hydrogen) atoms. The van der Waals surface area contributed by atoms with Crippen molar-refractivity contribution >= 4 is 18.3 Å². The number of nitrogens with one attached hydrogen (secondary N) is 2. The Balaban J connectivity index is 0.00000220. The lowest BCUT2D eigenvalue weighted by molar-refractivity contribution is -0.125. The Morgan fingerprint density at radius 2 is 2.29 bits per heavy atom. The van der Waals surface area contributed by atoms with Gasteiger partial charge in [-0.05, 0) is 49.9 Å². The van der Waals surface area contributed by atoms with Crippen molar-refractivity contribution in [2.24, 2.45) is 5.92 Å². The fraction of sp³-hybridized carbons (Fsp3) is 0.562. The zero-order valence-corrected chi connectivity index (χ0v) is 13.6. The molecule has 0 aromatic heterocycles. The van der Waals surface area contributed by atoms with Gasteiger partial charge in [0.05, 0.1) is 13.0 Å². The molecule has 2 rings (SSSR count). The molecule has 0 saturated carbocycles. The molecule has 0 aliphatic carbocycles. The first-order valence-electron chi connectivity index (χ1n) is 7.32. The van der Waals surface area contributed by atoms with E-state index >= 15 is 0 Å². The summed E-state index contributed by atoms with van der Waals surface area (Å²) in [7, 11) is 1.68. The maximum atomic E-state index is 12.0. The molecule has 1 aliphatic rings. The Hall–Kier alpha value is -1.26. The quantitative estimate of drug-likeness (QED) is 0.875. The number of ether oxygens (including phenoxy) is 1. The summed E-state index contributed by atoms with van der Waals surface area (Å²) >= 11 is 0. The maximum Gasteiger partial charge on any atom is 0.224 e. The van der Waals surface area contributed by atoms with Crippen molar-refractivity contribution in [2.45, 2.75) is 26.2 Å². The second-order valence-corrected chi connectivity index (χ2v) is 5.39. The van der Waals surface area contributed by atoms with Crippen LogP contribution in [0.5, 0.6) is 5.75 Å². The van der Waals surface area contributed by atoms with E-state index < -0.39 is 0 Å². The molecular weight excluding hydrogens is 288 g/mol. The number of hydrogen-bond donors (Lipinski definition) is 2. The number of piperidine rings is 1. The molecule has 1 heterocycles. The lowest BCUT2D eigenvalue weighted by Crippen LogP contribution is -2.41. The minimum atomic E-state index is 0. The highest BCUT2D eigenvalue weighted by Crippen LogP contribution is 2.19. The van der Waals surface area contributed by atoms with E-state index in [1.807, 2.05) is 13.0 Å². The standard InChI is InChI=1S/C16H24N2O2.ClH/c1-12-5-6-13(10-15(12)20-2)7-9-18-16(19)14-4-3-8-17-11-14;/h5-6,10,14,17H,3-4,7-9,11H2,1-2H3,(H,18,19);1H. The molecule has 1 amide bonds. The van der Waals surface area contributed by atoms with Crippen LogP contribution >= 0.6 is 12.4 Å². The van der Waals surface area contributed by atoms with Crippen molar-refractivity contribution in [3.05, 3.63) is 29.3 Å². The van der Waals surface area contributed by atoms with Crippen LogP contribution in [-0.4, -0.2) is 32.7 Å². The normalized spacial score (nSPS) is 17.7. The first kappa shape index (κ1) is 17.8. The van der Waals surface area contributed by atoms with Gasteiger partial charge in [0.15, 0.2) is 0 Å². The van der Waals surface area contributed by atoms with Crippen LogP contribution < -0.4 is 15.4 Å². The molecule has 1 saturated heterocycles. The number of carbonyl (C=O) groups is 1. The Morgan fingerprint density at radius 3 is 2.95 bits per heavy atom. The van der Waals surface area contributed by atoms with Crippen LogP contribution in [0.2, 0.25) is 0 Å². The van der Waals surface area contributed by atoms with E-state index in [9.17, 15) is 4.79 Å². The number of rotatable bonds is 5. The van der Waals surface area contributed by atoms with Gasteiger partial charge in [0.1, 0.15) is 5.75 Å². The van der Waals surface area contributed by atoms with E-state index in [2.05, 4.69) is 22.8 Å². The summed E-state index contributed by atoms with van der Waals surface area (Å²) in [6.07, 6.45) is 2.92. The Bertz CT molecular complexity index is 460. The fourth-order valence-electron chi connectivity index (χ4n) is 2.57. The summed E-state index contributed by atoms with van der Waals surface area (Å²) in [5, 5.41) is 6.30. The molecule has 4 nitrogen and oxygen atoms in total. The van der Waals surface area contributed by atoms with Crippen LogP contribution in [0.25, 0.3) is 0 Å². The SMILES string of the molecule is COc1cc(CCNC(=O)C2CCCNC2)ccc1C.Cl. The van der Waals surface area contributed by atoms with Crippen molar-refractivity contribution in [2.75, 3.05) is 26.7 Å². The molecule has 1 aromatic carbocycles. The highest BCUT2D eigenvalue weighted by Gasteiger charge is 2.20. The average molecular weight is 313 g/mol. The second kappa shape index (κ2) is 8.90. The van der Waals surface area contributed by atoms with Crippen molar-refractivity contribution < 1.29 is 9.53 Å². The van der Waals surface area contributed by atoms with Gasteiger partial charge in [-0.2, -0.15) is 0 Å². The van der Waals surface area contributed by atoms with Crippen LogP contribution in [0, 0.1) is 12.8 Å². The van der Waals surface area contributed by atoms with E-state index in [4.69, 9.17) is 4.74 Å². The highest BCUT2D eigenvalue weighted by molar-refractivity contribution is 5.85. The molecule has 1 atom stereocenters. The van der Waals surface area contributed by atoms with Gasteiger partial charge in [-0.15, -0.1) is 12.4 Å². The molecule has 0 bridgehead atoms. The molecule has 5 heteroatoms. The molecule has 1 fully saturated rings. The summed E-state index contributed by atoms with van der Waals surface area (Å²) in [5.41, 5.74) is 2.32. The van der Waals surface area contributed by atoms with Gasteiger partial charge < -0.3 is 15.4 Å². The smallest absolute Gasteiger partial charge is 0.224 e. The number of carbonyl (C=O) groups excluding carboxylic acids is 1. The van der Waals surface area contributed by atoms with Crippen molar-refractivity contribution in [3.63, 3.8) is 0 Å². The summed E-state index contributed by atoms with van der Waals surface area (Å²) in [5.74, 6) is 1.22. The molecule has 0 radical (unpaired) electrons. The fourth-order valence-corrected chi connectivity index (χ4v) is 2.57. The van der Waals surface area contributed by atoms with Crippen molar-refractivity contribution in [1.29, 1.82) is 0 Å². The van der Waals surface area contributed by atoms with Gasteiger partial charge in [0.25, 0.3) is 0 Å². The Morgan fingerprint density at radius 1 is 1.48 bits per heavy atom. The van der Waals surface area contributed by atoms with E-state index in [1.165, 1.54) is 5.56 Å². The molecule has 1 unspecified atom stereocenters. The van der Waals surface area contributed by atoms with Gasteiger partial charge >= 0.3 is 0 Å². The largest absolute Gasteiger partial charge is 0.496 e. The highest BCUT2D eigenvalue weighted by atomic mass is 35.5. The predicted molar refractivity (Wildman–Crippen MR) is 87.3 cm³/mol. The summed E-state index contributed by atoms with van der Waals surface area (Å²) < 4.78 is 5.31. The first-order chi connectivity index (χ1) is 9.70. The average Bonchev–Trinajstić information content (AvgIpc) is 2.49. The third-order valence-corrected chi connectivity index (χ3v) is 3.85. The summed E-state index contributed by atoms with van der Waals surface area (Å²) in [6, 6.07) is 6.19. The van der Waals surface area contributed by atoms with Crippen LogP contribution in [0.1, 0.15) is 24.0 Å². The second-order valence-electron chi connectivity index (χ2n) is 5.39. The van der Waals surface area contributed by atoms with Gasteiger partial charge in [-0.3, -0.25) is 4.79 Å². The number of hydrogen-bond acceptors (Lipinski definition) is 3. The van der Waals surface area contributed by atoms with E-state index in [0.29, 0.717) is 6.54 Å². The Labute approximate surface area is 133 Å². The number of aryl methyl sites for hydroxylation is 1. The van der Waals surface area contributed by atoms with Gasteiger partial charge in [0, 0.05) is 13.1 Å². The zero-order valence-electron chi connectivity index (χ0n) is 12.8. The van der Waals surface area contributed by atoms with E-state index in [1.54, 1.807) is 7.11 Å². The predicted octanol–water partition coefficient (Wildman–Crippen LogP) is 2.08. The molecular formula is C16H25ClN2O2. The summed E-state index contributed by atoms with van der Waals surface area (Å²) in [6.45, 7) is 4.55. The van der Waals surface area contributed by atoms with Crippen LogP contribution in [0.4, 0.5) is 0 Å². The van der Waals surface area contributed by atoms with Gasteiger partial charge in [0.2, 0.25) is 5.91 Å². The number of amides is 1. The van der Waals surface area contributed by atoms with E-state index in [0.717, 1.165) is 43.7 Å². The molecule has 2 N–H and O–H groups in total. The lowest BCUT2D eigenvalue weighted by atomic mass is 9.99. The van der Waals surface area contributed by atoms with Gasteiger partial charge in [-0.1, -0.05) is 12.1 Å². The third kappa shape index (κ3) is 5.21.